The van der Waals surface area contributed by atoms with Crippen LogP contribution in [0.2, 0.25) is 0 Å². The Balaban J connectivity index is 2.99. The van der Waals surface area contributed by atoms with E-state index in [1.807, 2.05) is 0 Å². The van der Waals surface area contributed by atoms with Crippen LogP contribution in [0.25, 0.3) is 0 Å². The molecule has 0 radical (unpaired) electrons. The number of halogens is 1. The molecule has 1 rings (SSSR count). The second-order valence-corrected chi connectivity index (χ2v) is 4.54. The monoisotopic (exact) mass is 316 g/mol. The first-order valence-electron chi connectivity index (χ1n) is 5.60. The number of hydrazine groups is 1. The van der Waals surface area contributed by atoms with E-state index in [9.17, 15) is 4.79 Å². The average molecular weight is 317 g/mol. The summed E-state index contributed by atoms with van der Waals surface area (Å²) in [4.78, 5) is 21.0. The number of anilines is 2. The highest BCUT2D eigenvalue weighted by molar-refractivity contribution is 9.10. The predicted molar refractivity (Wildman–Crippen MR) is 73.9 cm³/mol. The molecule has 0 saturated carbocycles. The van der Waals surface area contributed by atoms with Gasteiger partial charge in [0.15, 0.2) is 5.82 Å². The largest absolute Gasteiger partial charge is 0.368 e. The van der Waals surface area contributed by atoms with Crippen LogP contribution >= 0.6 is 15.9 Å². The van der Waals surface area contributed by atoms with Gasteiger partial charge >= 0.3 is 0 Å². The van der Waals surface area contributed by atoms with Crippen LogP contribution in [0.1, 0.15) is 19.8 Å². The van der Waals surface area contributed by atoms with Crippen LogP contribution in [0, 0.1) is 0 Å². The Hall–Kier alpha value is -1.41. The molecule has 1 amide bonds. The molecule has 1 heterocycles. The van der Waals surface area contributed by atoms with Crippen molar-refractivity contribution in [3.63, 3.8) is 0 Å². The summed E-state index contributed by atoms with van der Waals surface area (Å²) in [6, 6.07) is 0. The topological polar surface area (TPSA) is 110 Å². The Bertz CT molecular complexity index is 413. The molecule has 5 N–H and O–H groups in total. The summed E-state index contributed by atoms with van der Waals surface area (Å²) in [7, 11) is 0. The molecule has 0 bridgehead atoms. The molecule has 18 heavy (non-hydrogen) atoms. The van der Waals surface area contributed by atoms with Crippen molar-refractivity contribution in [3.8, 4) is 0 Å². The molecule has 7 nitrogen and oxygen atoms in total. The number of hydrogen-bond donors (Lipinski definition) is 3. The minimum atomic E-state index is -0.404. The minimum Gasteiger partial charge on any atom is -0.368 e. The van der Waals surface area contributed by atoms with Crippen molar-refractivity contribution in [3.05, 3.63) is 10.8 Å². The standard InChI is InChI=1S/C10H17BrN6O/c1-2-3-4-17(5-7(12)18)10-8(11)9(16-13)14-6-15-10/h6H,2-5,13H2,1H3,(H2,12,18)(H,14,15,16). The van der Waals surface area contributed by atoms with Gasteiger partial charge in [0, 0.05) is 6.54 Å². The minimum absolute atomic E-state index is 0.111. The van der Waals surface area contributed by atoms with Crippen molar-refractivity contribution in [2.45, 2.75) is 19.8 Å². The van der Waals surface area contributed by atoms with E-state index in [0.29, 0.717) is 22.7 Å². The first-order valence-corrected chi connectivity index (χ1v) is 6.39. The van der Waals surface area contributed by atoms with E-state index in [4.69, 9.17) is 11.6 Å². The smallest absolute Gasteiger partial charge is 0.236 e. The lowest BCUT2D eigenvalue weighted by Crippen LogP contribution is -2.35. The molecule has 0 aliphatic heterocycles. The third-order valence-corrected chi connectivity index (χ3v) is 3.07. The van der Waals surface area contributed by atoms with E-state index in [2.05, 4.69) is 38.2 Å². The van der Waals surface area contributed by atoms with Crippen molar-refractivity contribution in [1.29, 1.82) is 0 Å². The number of carbonyl (C=O) groups is 1. The number of hydrogen-bond acceptors (Lipinski definition) is 6. The van der Waals surface area contributed by atoms with Crippen LogP contribution < -0.4 is 21.9 Å². The molecule has 0 aromatic carbocycles. The van der Waals surface area contributed by atoms with E-state index in [1.54, 1.807) is 4.90 Å². The SMILES string of the molecule is CCCCN(CC(N)=O)c1ncnc(NN)c1Br. The maximum atomic E-state index is 11.1. The zero-order chi connectivity index (χ0) is 13.5. The fourth-order valence-corrected chi connectivity index (χ4v) is 2.05. The first-order chi connectivity index (χ1) is 8.60. The lowest BCUT2D eigenvalue weighted by atomic mass is 10.3. The Kier molecular flexibility index (Phi) is 5.79. The van der Waals surface area contributed by atoms with Gasteiger partial charge in [0.1, 0.15) is 16.6 Å². The fourth-order valence-electron chi connectivity index (χ4n) is 1.48. The summed E-state index contributed by atoms with van der Waals surface area (Å²) in [5.41, 5.74) is 7.70. The Morgan fingerprint density at radius 1 is 1.56 bits per heavy atom. The lowest BCUT2D eigenvalue weighted by molar-refractivity contribution is -0.116. The summed E-state index contributed by atoms with van der Waals surface area (Å²) in [5, 5.41) is 0. The van der Waals surface area contributed by atoms with Gasteiger partial charge in [-0.2, -0.15) is 0 Å². The van der Waals surface area contributed by atoms with Gasteiger partial charge in [0.05, 0.1) is 6.54 Å². The zero-order valence-corrected chi connectivity index (χ0v) is 11.8. The van der Waals surface area contributed by atoms with E-state index in [-0.39, 0.29) is 6.54 Å². The molecule has 0 fully saturated rings. The maximum Gasteiger partial charge on any atom is 0.236 e. The molecule has 1 aromatic heterocycles. The second kappa shape index (κ2) is 7.12. The van der Waals surface area contributed by atoms with Gasteiger partial charge in [-0.15, -0.1) is 0 Å². The van der Waals surface area contributed by atoms with Crippen LogP contribution in [0.5, 0.6) is 0 Å². The Morgan fingerprint density at radius 3 is 2.83 bits per heavy atom. The van der Waals surface area contributed by atoms with Gasteiger partial charge in [0.25, 0.3) is 0 Å². The second-order valence-electron chi connectivity index (χ2n) is 3.75. The van der Waals surface area contributed by atoms with E-state index < -0.39 is 5.91 Å². The molecule has 0 aliphatic carbocycles. The van der Waals surface area contributed by atoms with Gasteiger partial charge in [-0.1, -0.05) is 13.3 Å². The number of primary amides is 1. The highest BCUT2D eigenvalue weighted by Gasteiger charge is 2.16. The predicted octanol–water partition coefficient (Wildman–Crippen LogP) is 0.617. The number of nitrogen functional groups attached to an aromatic ring is 1. The molecule has 0 saturated heterocycles. The van der Waals surface area contributed by atoms with E-state index in [0.717, 1.165) is 12.8 Å². The van der Waals surface area contributed by atoms with Gasteiger partial charge in [0.2, 0.25) is 5.91 Å². The molecule has 100 valence electrons. The molecular weight excluding hydrogens is 300 g/mol. The summed E-state index contributed by atoms with van der Waals surface area (Å²) in [5.74, 6) is 6.00. The number of rotatable bonds is 7. The average Bonchev–Trinajstić information content (AvgIpc) is 2.34. The Labute approximate surface area is 114 Å². The van der Waals surface area contributed by atoms with Crippen LogP contribution in [0.3, 0.4) is 0 Å². The third kappa shape index (κ3) is 3.81. The highest BCUT2D eigenvalue weighted by Crippen LogP contribution is 2.28. The lowest BCUT2D eigenvalue weighted by Gasteiger charge is -2.23. The quantitative estimate of drug-likeness (QED) is 0.502. The van der Waals surface area contributed by atoms with Crippen molar-refractivity contribution in [2.24, 2.45) is 11.6 Å². The molecule has 8 heteroatoms. The number of carbonyl (C=O) groups excluding carboxylic acids is 1. The molecule has 0 aliphatic rings. The molecule has 0 spiro atoms. The summed E-state index contributed by atoms with van der Waals surface area (Å²) >= 11 is 3.36. The van der Waals surface area contributed by atoms with Crippen molar-refractivity contribution < 1.29 is 4.79 Å². The van der Waals surface area contributed by atoms with E-state index >= 15 is 0 Å². The van der Waals surface area contributed by atoms with Crippen LogP contribution in [0.15, 0.2) is 10.8 Å². The summed E-state index contributed by atoms with van der Waals surface area (Å²) in [6.07, 6.45) is 3.34. The number of amides is 1. The van der Waals surface area contributed by atoms with Crippen LogP contribution in [-0.2, 0) is 4.79 Å². The van der Waals surface area contributed by atoms with Gasteiger partial charge in [-0.25, -0.2) is 15.8 Å². The molecule has 0 unspecified atom stereocenters. The van der Waals surface area contributed by atoms with Gasteiger partial charge in [-0.05, 0) is 22.4 Å². The molecule has 0 atom stereocenters. The highest BCUT2D eigenvalue weighted by atomic mass is 79.9. The van der Waals surface area contributed by atoms with Gasteiger partial charge < -0.3 is 16.1 Å². The summed E-state index contributed by atoms with van der Waals surface area (Å²) in [6.45, 7) is 2.88. The number of nitrogens with two attached hydrogens (primary N) is 2. The van der Waals surface area contributed by atoms with Crippen molar-refractivity contribution in [2.75, 3.05) is 23.4 Å². The number of nitrogens with zero attached hydrogens (tertiary/aromatic N) is 3. The first kappa shape index (κ1) is 14.7. The van der Waals surface area contributed by atoms with Gasteiger partial charge in [-0.3, -0.25) is 4.79 Å². The number of unbranched alkanes of at least 4 members (excludes halogenated alkanes) is 1. The van der Waals surface area contributed by atoms with E-state index in [1.165, 1.54) is 6.33 Å². The fraction of sp³-hybridized carbons (Fsp3) is 0.500. The Morgan fingerprint density at radius 2 is 2.28 bits per heavy atom. The number of aromatic nitrogens is 2. The number of nitrogens with one attached hydrogen (secondary N) is 1. The zero-order valence-electron chi connectivity index (χ0n) is 10.2. The molecule has 1 aromatic rings. The molecular formula is C10H17BrN6O. The normalized spacial score (nSPS) is 10.2. The maximum absolute atomic E-state index is 11.1. The van der Waals surface area contributed by atoms with Crippen molar-refractivity contribution in [1.82, 2.24) is 9.97 Å². The van der Waals surface area contributed by atoms with Crippen molar-refractivity contribution >= 4 is 33.5 Å². The van der Waals surface area contributed by atoms with Crippen LogP contribution in [-0.4, -0.2) is 29.0 Å². The van der Waals surface area contributed by atoms with Crippen LogP contribution in [0.4, 0.5) is 11.6 Å². The third-order valence-electron chi connectivity index (χ3n) is 2.34. The summed E-state index contributed by atoms with van der Waals surface area (Å²) < 4.78 is 0.616.